The quantitative estimate of drug-likeness (QED) is 0.763. The van der Waals surface area contributed by atoms with E-state index in [4.69, 9.17) is 27.9 Å². The first-order chi connectivity index (χ1) is 5.75. The molecule has 0 N–H and O–H groups in total. The molecule has 0 aliphatic heterocycles. The number of rotatable bonds is 3. The van der Waals surface area contributed by atoms with Gasteiger partial charge >= 0.3 is 0 Å². The van der Waals surface area contributed by atoms with E-state index in [-0.39, 0.29) is 5.15 Å². The van der Waals surface area contributed by atoms with Gasteiger partial charge in [0.25, 0.3) is 0 Å². The lowest BCUT2D eigenvalue weighted by Gasteiger charge is -2.04. The first kappa shape index (κ1) is 9.55. The Morgan fingerprint density at radius 3 is 2.92 bits per heavy atom. The van der Waals surface area contributed by atoms with Crippen molar-refractivity contribution in [2.45, 2.75) is 13.3 Å². The third-order valence-electron chi connectivity index (χ3n) is 1.18. The van der Waals surface area contributed by atoms with Crippen LogP contribution in [0.4, 0.5) is 0 Å². The molecule has 0 bridgehead atoms. The smallest absolute Gasteiger partial charge is 0.174 e. The lowest BCUT2D eigenvalue weighted by molar-refractivity contribution is 0.315. The Labute approximate surface area is 80.7 Å². The Bertz CT molecular complexity index is 268. The maximum Gasteiger partial charge on any atom is 0.174 e. The van der Waals surface area contributed by atoms with Crippen molar-refractivity contribution in [3.05, 3.63) is 16.4 Å². The summed E-state index contributed by atoms with van der Waals surface area (Å²) in [5.41, 5.74) is 0. The van der Waals surface area contributed by atoms with Gasteiger partial charge < -0.3 is 4.74 Å². The summed E-state index contributed by atoms with van der Waals surface area (Å²) in [4.78, 5) is 0. The zero-order valence-corrected chi connectivity index (χ0v) is 8.06. The van der Waals surface area contributed by atoms with Crippen molar-refractivity contribution in [3.63, 3.8) is 0 Å². The van der Waals surface area contributed by atoms with Crippen LogP contribution in [0.25, 0.3) is 0 Å². The lowest BCUT2D eigenvalue weighted by atomic mass is 10.5. The molecule has 0 aliphatic carbocycles. The summed E-state index contributed by atoms with van der Waals surface area (Å²) < 4.78 is 5.25. The van der Waals surface area contributed by atoms with Gasteiger partial charge in [0.2, 0.25) is 0 Å². The molecule has 3 nitrogen and oxygen atoms in total. The van der Waals surface area contributed by atoms with Gasteiger partial charge in [-0.05, 0) is 6.42 Å². The molecule has 0 saturated heterocycles. The average molecular weight is 207 g/mol. The molecule has 0 radical (unpaired) electrons. The number of aromatic nitrogens is 2. The van der Waals surface area contributed by atoms with Gasteiger partial charge in [-0.15, -0.1) is 5.10 Å². The molecule has 0 spiro atoms. The molecule has 1 aromatic heterocycles. The molecule has 0 aliphatic rings. The van der Waals surface area contributed by atoms with Crippen LogP contribution in [0.5, 0.6) is 5.75 Å². The van der Waals surface area contributed by atoms with E-state index in [0.29, 0.717) is 17.4 Å². The SMILES string of the molecule is CCCOc1cnnc(Cl)c1Cl. The number of hydrogen-bond acceptors (Lipinski definition) is 3. The van der Waals surface area contributed by atoms with Gasteiger partial charge in [0.15, 0.2) is 10.9 Å². The van der Waals surface area contributed by atoms with E-state index < -0.39 is 0 Å². The van der Waals surface area contributed by atoms with Gasteiger partial charge in [0.1, 0.15) is 5.02 Å². The highest BCUT2D eigenvalue weighted by atomic mass is 35.5. The maximum atomic E-state index is 5.77. The van der Waals surface area contributed by atoms with E-state index in [2.05, 4.69) is 10.2 Å². The van der Waals surface area contributed by atoms with E-state index in [1.54, 1.807) is 0 Å². The Hall–Kier alpha value is -0.540. The zero-order chi connectivity index (χ0) is 8.97. The van der Waals surface area contributed by atoms with Gasteiger partial charge in [-0.1, -0.05) is 30.1 Å². The normalized spacial score (nSPS) is 9.92. The van der Waals surface area contributed by atoms with Crippen molar-refractivity contribution < 1.29 is 4.74 Å². The molecule has 66 valence electrons. The van der Waals surface area contributed by atoms with Crippen molar-refractivity contribution in [2.75, 3.05) is 6.61 Å². The van der Waals surface area contributed by atoms with E-state index >= 15 is 0 Å². The van der Waals surface area contributed by atoms with Crippen molar-refractivity contribution in [1.82, 2.24) is 10.2 Å². The predicted molar refractivity (Wildman–Crippen MR) is 47.8 cm³/mol. The molecule has 0 saturated carbocycles. The summed E-state index contributed by atoms with van der Waals surface area (Å²) in [6, 6.07) is 0. The van der Waals surface area contributed by atoms with Crippen molar-refractivity contribution in [3.8, 4) is 5.75 Å². The van der Waals surface area contributed by atoms with Crippen molar-refractivity contribution in [1.29, 1.82) is 0 Å². The first-order valence-electron chi connectivity index (χ1n) is 3.55. The van der Waals surface area contributed by atoms with E-state index in [1.807, 2.05) is 6.92 Å². The summed E-state index contributed by atoms with van der Waals surface area (Å²) in [6.07, 6.45) is 2.36. The van der Waals surface area contributed by atoms with Crippen LogP contribution in [-0.4, -0.2) is 16.8 Å². The van der Waals surface area contributed by atoms with Crippen LogP contribution < -0.4 is 4.74 Å². The molecule has 0 atom stereocenters. The fraction of sp³-hybridized carbons (Fsp3) is 0.429. The molecule has 0 unspecified atom stereocenters. The first-order valence-corrected chi connectivity index (χ1v) is 4.30. The Kier molecular flexibility index (Phi) is 3.56. The van der Waals surface area contributed by atoms with Crippen LogP contribution in [0, 0.1) is 0 Å². The minimum Gasteiger partial charge on any atom is -0.490 e. The topological polar surface area (TPSA) is 35.0 Å². The van der Waals surface area contributed by atoms with Crippen LogP contribution in [0.2, 0.25) is 10.2 Å². The van der Waals surface area contributed by atoms with Gasteiger partial charge in [-0.2, -0.15) is 5.10 Å². The second-order valence-electron chi connectivity index (χ2n) is 2.16. The van der Waals surface area contributed by atoms with Crippen molar-refractivity contribution in [2.24, 2.45) is 0 Å². The van der Waals surface area contributed by atoms with Gasteiger partial charge in [0, 0.05) is 0 Å². The fourth-order valence-electron chi connectivity index (χ4n) is 0.647. The second-order valence-corrected chi connectivity index (χ2v) is 2.90. The average Bonchev–Trinajstić information content (AvgIpc) is 2.08. The highest BCUT2D eigenvalue weighted by Gasteiger charge is 2.06. The molecule has 0 amide bonds. The van der Waals surface area contributed by atoms with Gasteiger partial charge in [-0.25, -0.2) is 0 Å². The van der Waals surface area contributed by atoms with E-state index in [1.165, 1.54) is 6.20 Å². The highest BCUT2D eigenvalue weighted by molar-refractivity contribution is 6.42. The predicted octanol–water partition coefficient (Wildman–Crippen LogP) is 2.57. The van der Waals surface area contributed by atoms with Crippen LogP contribution >= 0.6 is 23.2 Å². The van der Waals surface area contributed by atoms with E-state index in [9.17, 15) is 0 Å². The standard InChI is InChI=1S/C7H8Cl2N2O/c1-2-3-12-5-4-10-11-7(9)6(5)8/h4H,2-3H2,1H3. The molecule has 5 heteroatoms. The summed E-state index contributed by atoms with van der Waals surface area (Å²) >= 11 is 11.4. The Morgan fingerprint density at radius 1 is 1.50 bits per heavy atom. The molecule has 1 aromatic rings. The number of ether oxygens (including phenoxy) is 1. The van der Waals surface area contributed by atoms with Crippen LogP contribution in [0.3, 0.4) is 0 Å². The number of nitrogens with zero attached hydrogens (tertiary/aromatic N) is 2. The molecule has 0 fully saturated rings. The number of halogens is 2. The second kappa shape index (κ2) is 4.48. The monoisotopic (exact) mass is 206 g/mol. The zero-order valence-electron chi connectivity index (χ0n) is 6.55. The number of hydrogen-bond donors (Lipinski definition) is 0. The Morgan fingerprint density at radius 2 is 2.25 bits per heavy atom. The largest absolute Gasteiger partial charge is 0.490 e. The summed E-state index contributed by atoms with van der Waals surface area (Å²) in [5, 5.41) is 7.65. The molecule has 1 heterocycles. The highest BCUT2D eigenvalue weighted by Crippen LogP contribution is 2.28. The van der Waals surface area contributed by atoms with Crippen molar-refractivity contribution >= 4 is 23.2 Å². The third kappa shape index (κ3) is 2.22. The maximum absolute atomic E-state index is 5.77. The van der Waals surface area contributed by atoms with Crippen LogP contribution in [0.1, 0.15) is 13.3 Å². The fourth-order valence-corrected chi connectivity index (χ4v) is 0.925. The van der Waals surface area contributed by atoms with Gasteiger partial charge in [-0.3, -0.25) is 0 Å². The lowest BCUT2D eigenvalue weighted by Crippen LogP contribution is -1.97. The van der Waals surface area contributed by atoms with Gasteiger partial charge in [0.05, 0.1) is 12.8 Å². The molecular formula is C7H8Cl2N2O. The Balaban J connectivity index is 2.78. The molecule has 12 heavy (non-hydrogen) atoms. The van der Waals surface area contributed by atoms with Crippen LogP contribution in [0.15, 0.2) is 6.20 Å². The summed E-state index contributed by atoms with van der Waals surface area (Å²) in [7, 11) is 0. The molecular weight excluding hydrogens is 199 g/mol. The third-order valence-corrected chi connectivity index (χ3v) is 1.91. The summed E-state index contributed by atoms with van der Waals surface area (Å²) in [5.74, 6) is 0.485. The van der Waals surface area contributed by atoms with Crippen LogP contribution in [-0.2, 0) is 0 Å². The van der Waals surface area contributed by atoms with E-state index in [0.717, 1.165) is 6.42 Å². The minimum absolute atomic E-state index is 0.172. The molecule has 0 aromatic carbocycles. The summed E-state index contributed by atoms with van der Waals surface area (Å²) in [6.45, 7) is 2.60. The minimum atomic E-state index is 0.172. The molecule has 1 rings (SSSR count).